The van der Waals surface area contributed by atoms with Crippen LogP contribution in [0.25, 0.3) is 22.3 Å². The fourth-order valence-electron chi connectivity index (χ4n) is 4.54. The normalized spacial score (nSPS) is 14.6. The zero-order valence-corrected chi connectivity index (χ0v) is 22.6. The number of benzene rings is 1. The van der Waals surface area contributed by atoms with Gasteiger partial charge in [-0.15, -0.1) is 0 Å². The number of hydrogen-bond acceptors (Lipinski definition) is 8. The smallest absolute Gasteiger partial charge is 0.410 e. The standard InChI is InChI=1S/C27H30N6O4S/c1-19-9-5-6-11-22(19)38(35,36)33-17-20(21-10-7-8-12-28-21)23-24(29-18-30-25(23)33)31-13-15-32(16-14-31)26(34)37-27(2,3)4/h5-12,17-18H,13-16H2,1-4H3. The Balaban J connectivity index is 1.59. The van der Waals surface area contributed by atoms with Gasteiger partial charge in [0.2, 0.25) is 0 Å². The fraction of sp³-hybridized carbons (Fsp3) is 0.333. The van der Waals surface area contributed by atoms with E-state index in [0.29, 0.717) is 54.2 Å². The lowest BCUT2D eigenvalue weighted by molar-refractivity contribution is 0.0240. The van der Waals surface area contributed by atoms with Crippen molar-refractivity contribution in [1.29, 1.82) is 0 Å². The molecule has 5 rings (SSSR count). The Bertz CT molecular complexity index is 1590. The lowest BCUT2D eigenvalue weighted by Crippen LogP contribution is -2.50. The average molecular weight is 535 g/mol. The number of hydrogen-bond donors (Lipinski definition) is 0. The lowest BCUT2D eigenvalue weighted by atomic mass is 10.1. The second-order valence-corrected chi connectivity index (χ2v) is 12.0. The molecule has 198 valence electrons. The van der Waals surface area contributed by atoms with Gasteiger partial charge in [-0.25, -0.2) is 27.2 Å². The third kappa shape index (κ3) is 4.81. The molecule has 0 bridgehead atoms. The molecule has 0 spiro atoms. The van der Waals surface area contributed by atoms with Crippen molar-refractivity contribution in [1.82, 2.24) is 23.8 Å². The van der Waals surface area contributed by atoms with Crippen molar-refractivity contribution in [2.75, 3.05) is 31.1 Å². The summed E-state index contributed by atoms with van der Waals surface area (Å²) in [6.07, 6.45) is 4.26. The summed E-state index contributed by atoms with van der Waals surface area (Å²) >= 11 is 0. The fourth-order valence-corrected chi connectivity index (χ4v) is 6.08. The van der Waals surface area contributed by atoms with Gasteiger partial charge >= 0.3 is 6.09 Å². The van der Waals surface area contributed by atoms with Crippen molar-refractivity contribution in [3.8, 4) is 11.3 Å². The molecule has 1 aliphatic rings. The summed E-state index contributed by atoms with van der Waals surface area (Å²) in [5.74, 6) is 0.596. The molecule has 11 heteroatoms. The molecule has 1 aromatic carbocycles. The number of rotatable bonds is 4. The van der Waals surface area contributed by atoms with Gasteiger partial charge in [-0.05, 0) is 51.5 Å². The molecule has 0 aliphatic carbocycles. The predicted octanol–water partition coefficient (Wildman–Crippen LogP) is 4.10. The van der Waals surface area contributed by atoms with E-state index < -0.39 is 15.6 Å². The minimum atomic E-state index is -3.96. The van der Waals surface area contributed by atoms with Crippen LogP contribution in [0.15, 0.2) is 66.1 Å². The highest BCUT2D eigenvalue weighted by molar-refractivity contribution is 7.90. The molecule has 0 radical (unpaired) electrons. The summed E-state index contributed by atoms with van der Waals surface area (Å²) in [4.78, 5) is 30.0. The van der Waals surface area contributed by atoms with Crippen molar-refractivity contribution in [2.24, 2.45) is 0 Å². The molecule has 1 aliphatic heterocycles. The van der Waals surface area contributed by atoms with E-state index in [1.54, 1.807) is 54.5 Å². The molecule has 3 aromatic heterocycles. The zero-order chi connectivity index (χ0) is 27.1. The van der Waals surface area contributed by atoms with E-state index in [-0.39, 0.29) is 16.6 Å². The largest absolute Gasteiger partial charge is 0.444 e. The number of aromatic nitrogens is 4. The maximum Gasteiger partial charge on any atom is 0.410 e. The quantitative estimate of drug-likeness (QED) is 0.385. The Morgan fingerprint density at radius 2 is 1.66 bits per heavy atom. The minimum absolute atomic E-state index is 0.204. The first-order valence-electron chi connectivity index (χ1n) is 12.4. The Morgan fingerprint density at radius 3 is 2.32 bits per heavy atom. The van der Waals surface area contributed by atoms with Crippen LogP contribution in [-0.4, -0.2) is 70.1 Å². The van der Waals surface area contributed by atoms with Crippen LogP contribution in [0, 0.1) is 6.92 Å². The van der Waals surface area contributed by atoms with E-state index in [9.17, 15) is 13.2 Å². The number of fused-ring (bicyclic) bond motifs is 1. The first kappa shape index (κ1) is 25.7. The number of piperazine rings is 1. The van der Waals surface area contributed by atoms with Gasteiger partial charge in [0.1, 0.15) is 17.7 Å². The highest BCUT2D eigenvalue weighted by atomic mass is 32.2. The third-order valence-corrected chi connectivity index (χ3v) is 8.14. The lowest BCUT2D eigenvalue weighted by Gasteiger charge is -2.36. The molecule has 0 unspecified atom stereocenters. The number of carbonyl (C=O) groups is 1. The van der Waals surface area contributed by atoms with Gasteiger partial charge < -0.3 is 14.5 Å². The van der Waals surface area contributed by atoms with E-state index in [2.05, 4.69) is 15.0 Å². The molecular weight excluding hydrogens is 504 g/mol. The van der Waals surface area contributed by atoms with Crippen molar-refractivity contribution >= 4 is 33.0 Å². The minimum Gasteiger partial charge on any atom is -0.444 e. The van der Waals surface area contributed by atoms with Crippen molar-refractivity contribution in [2.45, 2.75) is 38.2 Å². The molecule has 0 saturated carbocycles. The molecule has 4 aromatic rings. The van der Waals surface area contributed by atoms with Gasteiger partial charge in [-0.2, -0.15) is 0 Å². The van der Waals surface area contributed by atoms with Crippen LogP contribution >= 0.6 is 0 Å². The topological polar surface area (TPSA) is 111 Å². The predicted molar refractivity (Wildman–Crippen MR) is 145 cm³/mol. The summed E-state index contributed by atoms with van der Waals surface area (Å²) in [7, 11) is -3.96. The number of pyridine rings is 1. The van der Waals surface area contributed by atoms with Gasteiger partial charge in [-0.3, -0.25) is 4.98 Å². The maximum atomic E-state index is 13.8. The molecular formula is C27H30N6O4S. The zero-order valence-electron chi connectivity index (χ0n) is 21.8. The van der Waals surface area contributed by atoms with Crippen molar-refractivity contribution in [3.63, 3.8) is 0 Å². The SMILES string of the molecule is Cc1ccccc1S(=O)(=O)n1cc(-c2ccccn2)c2c(N3CCN(C(=O)OC(C)(C)C)CC3)ncnc21. The first-order valence-corrected chi connectivity index (χ1v) is 13.8. The van der Waals surface area contributed by atoms with Gasteiger partial charge in [-0.1, -0.05) is 24.3 Å². The van der Waals surface area contributed by atoms with Crippen LogP contribution in [0.5, 0.6) is 0 Å². The van der Waals surface area contributed by atoms with Gasteiger partial charge in [0.25, 0.3) is 10.0 Å². The summed E-state index contributed by atoms with van der Waals surface area (Å²) in [5.41, 5.74) is 1.56. The molecule has 38 heavy (non-hydrogen) atoms. The Kier molecular flexibility index (Phi) is 6.56. The van der Waals surface area contributed by atoms with E-state index in [4.69, 9.17) is 4.74 Å². The van der Waals surface area contributed by atoms with Gasteiger partial charge in [0.15, 0.2) is 5.65 Å². The van der Waals surface area contributed by atoms with Crippen LogP contribution in [0.2, 0.25) is 0 Å². The van der Waals surface area contributed by atoms with E-state index in [0.717, 1.165) is 0 Å². The van der Waals surface area contributed by atoms with Crippen LogP contribution in [0.4, 0.5) is 10.6 Å². The molecule has 1 fully saturated rings. The number of anilines is 1. The average Bonchev–Trinajstić information content (AvgIpc) is 3.29. The Hall–Kier alpha value is -3.99. The summed E-state index contributed by atoms with van der Waals surface area (Å²) in [6.45, 7) is 9.19. The van der Waals surface area contributed by atoms with Crippen LogP contribution < -0.4 is 4.90 Å². The molecule has 10 nitrogen and oxygen atoms in total. The highest BCUT2D eigenvalue weighted by Gasteiger charge is 2.30. The van der Waals surface area contributed by atoms with Gasteiger partial charge in [0.05, 0.1) is 16.0 Å². The summed E-state index contributed by atoms with van der Waals surface area (Å²) in [6, 6.07) is 12.4. The Morgan fingerprint density at radius 1 is 0.947 bits per heavy atom. The van der Waals surface area contributed by atoms with Crippen molar-refractivity contribution < 1.29 is 17.9 Å². The van der Waals surface area contributed by atoms with E-state index in [1.165, 1.54) is 10.3 Å². The van der Waals surface area contributed by atoms with E-state index >= 15 is 0 Å². The molecule has 0 atom stereocenters. The number of ether oxygens (including phenoxy) is 1. The third-order valence-electron chi connectivity index (χ3n) is 6.33. The second kappa shape index (κ2) is 9.71. The van der Waals surface area contributed by atoms with Crippen LogP contribution in [0.3, 0.4) is 0 Å². The first-order chi connectivity index (χ1) is 18.1. The van der Waals surface area contributed by atoms with Crippen molar-refractivity contribution in [3.05, 3.63) is 66.7 Å². The monoisotopic (exact) mass is 534 g/mol. The van der Waals surface area contributed by atoms with Gasteiger partial charge in [0, 0.05) is 44.1 Å². The Labute approximate surface area is 222 Å². The molecule has 4 heterocycles. The van der Waals surface area contributed by atoms with E-state index in [1.807, 2.05) is 37.8 Å². The molecule has 1 amide bonds. The number of carbonyl (C=O) groups excluding carboxylic acids is 1. The number of aryl methyl sites for hydroxylation is 1. The summed E-state index contributed by atoms with van der Waals surface area (Å²) in [5, 5.41) is 0.592. The van der Waals surface area contributed by atoms with Crippen LogP contribution in [-0.2, 0) is 14.8 Å². The summed E-state index contributed by atoms with van der Waals surface area (Å²) < 4.78 is 34.4. The van der Waals surface area contributed by atoms with Crippen LogP contribution in [0.1, 0.15) is 26.3 Å². The number of amides is 1. The number of nitrogens with zero attached hydrogens (tertiary/aromatic N) is 6. The highest BCUT2D eigenvalue weighted by Crippen LogP contribution is 2.36. The second-order valence-electron chi connectivity index (χ2n) is 10.2. The molecule has 0 N–H and O–H groups in total. The molecule has 1 saturated heterocycles. The maximum absolute atomic E-state index is 13.8.